The summed E-state index contributed by atoms with van der Waals surface area (Å²) >= 11 is 0. The van der Waals surface area contributed by atoms with Crippen molar-refractivity contribution in [3.05, 3.63) is 118 Å². The van der Waals surface area contributed by atoms with Crippen molar-refractivity contribution in [2.75, 3.05) is 75.1 Å². The Morgan fingerprint density at radius 1 is 0.841 bits per heavy atom. The number of amides is 3. The van der Waals surface area contributed by atoms with Crippen molar-refractivity contribution in [2.24, 2.45) is 0 Å². The summed E-state index contributed by atoms with van der Waals surface area (Å²) in [5, 5.41) is 12.5. The van der Waals surface area contributed by atoms with E-state index in [1.807, 2.05) is 30.3 Å². The van der Waals surface area contributed by atoms with Crippen LogP contribution in [0.1, 0.15) is 65.1 Å². The first-order valence-corrected chi connectivity index (χ1v) is 24.7. The number of hydrogen-bond donors (Lipinski definition) is 2. The predicted octanol–water partition coefficient (Wildman–Crippen LogP) is 4.65. The van der Waals surface area contributed by atoms with Gasteiger partial charge in [-0.25, -0.2) is 13.8 Å². The van der Waals surface area contributed by atoms with Crippen molar-refractivity contribution >= 4 is 50.2 Å². The number of likely N-dealkylation sites (tertiary alicyclic amines) is 1. The summed E-state index contributed by atoms with van der Waals surface area (Å²) in [6.45, 7) is 7.51. The molecule has 2 atom stereocenters. The number of benzene rings is 4. The van der Waals surface area contributed by atoms with Crippen LogP contribution in [0.2, 0.25) is 0 Å². The Morgan fingerprint density at radius 3 is 2.29 bits per heavy atom. The van der Waals surface area contributed by atoms with Gasteiger partial charge >= 0.3 is 10.2 Å². The number of fused-ring (bicyclic) bond motifs is 2. The number of piperazine rings is 1. The summed E-state index contributed by atoms with van der Waals surface area (Å²) in [4.78, 5) is 64.6. The molecule has 1 unspecified atom stereocenters. The van der Waals surface area contributed by atoms with Crippen LogP contribution in [0.4, 0.5) is 20.2 Å². The van der Waals surface area contributed by atoms with Gasteiger partial charge in [-0.15, -0.1) is 0 Å². The van der Waals surface area contributed by atoms with Crippen molar-refractivity contribution in [2.45, 2.75) is 56.8 Å². The summed E-state index contributed by atoms with van der Waals surface area (Å²) in [6, 6.07) is 21.4. The lowest BCUT2D eigenvalue weighted by atomic mass is 9.88. The van der Waals surface area contributed by atoms with Crippen LogP contribution < -0.4 is 25.2 Å². The molecule has 1 aromatic heterocycles. The molecule has 0 bridgehead atoms. The highest BCUT2D eigenvalue weighted by Gasteiger charge is 2.39. The predicted molar refractivity (Wildman–Crippen MR) is 252 cm³/mol. The Balaban J connectivity index is 0.715. The van der Waals surface area contributed by atoms with Crippen LogP contribution in [0.25, 0.3) is 16.6 Å². The monoisotopic (exact) mass is 960 g/mol. The molecule has 4 fully saturated rings. The molecule has 0 saturated carbocycles. The van der Waals surface area contributed by atoms with E-state index in [1.54, 1.807) is 11.0 Å². The first kappa shape index (κ1) is 46.0. The number of carbonyl (C=O) groups is 3. The molecule has 0 radical (unpaired) electrons. The SMILES string of the molecule is N#Cc1c(NS(=O)(=O)N2CC[C@@H](F)C2)ccc(F)c1Oc1ccc2ncn(-c3ccc(N4CCN(CCN5CCC(c6ccc7c(c6)CN(C6CCC(=O)NC6=O)C7=O)CC5)CC4)cc3)c(=O)c2c1. The first-order valence-electron chi connectivity index (χ1n) is 23.2. The van der Waals surface area contributed by atoms with E-state index in [0.717, 1.165) is 92.9 Å². The third-order valence-electron chi connectivity index (χ3n) is 14.0. The molecule has 3 amide bonds. The van der Waals surface area contributed by atoms with Gasteiger partial charge in [0.25, 0.3) is 11.5 Å². The van der Waals surface area contributed by atoms with E-state index >= 15 is 4.39 Å². The summed E-state index contributed by atoms with van der Waals surface area (Å²) in [5.41, 5.74) is 3.73. The maximum absolute atomic E-state index is 15.2. The van der Waals surface area contributed by atoms with Crippen LogP contribution in [0.3, 0.4) is 0 Å². The number of anilines is 2. The van der Waals surface area contributed by atoms with Gasteiger partial charge in [0, 0.05) is 76.6 Å². The van der Waals surface area contributed by atoms with Gasteiger partial charge in [0.15, 0.2) is 11.6 Å². The average molecular weight is 961 g/mol. The second kappa shape index (κ2) is 19.0. The molecule has 5 aliphatic heterocycles. The number of nitriles is 1. The molecule has 4 saturated heterocycles. The Kier molecular flexibility index (Phi) is 12.6. The molecule has 5 aromatic rings. The molecular weight excluding hydrogens is 911 g/mol. The molecular formula is C49H50F2N10O7S. The van der Waals surface area contributed by atoms with E-state index in [2.05, 4.69) is 41.9 Å². The van der Waals surface area contributed by atoms with Crippen LogP contribution in [0.5, 0.6) is 11.5 Å². The third kappa shape index (κ3) is 9.39. The van der Waals surface area contributed by atoms with E-state index in [1.165, 1.54) is 34.7 Å². The fraction of sp³-hybridized carbons (Fsp3) is 0.388. The fourth-order valence-electron chi connectivity index (χ4n) is 10.1. The smallest absolute Gasteiger partial charge is 0.301 e. The largest absolute Gasteiger partial charge is 0.453 e. The zero-order valence-electron chi connectivity index (χ0n) is 37.7. The van der Waals surface area contributed by atoms with Crippen molar-refractivity contribution in [1.29, 1.82) is 5.26 Å². The van der Waals surface area contributed by atoms with Gasteiger partial charge in [-0.1, -0.05) is 12.1 Å². The number of nitrogens with one attached hydrogen (secondary N) is 2. The standard InChI is InChI=1S/C49H50F2N10O7S/c50-34-15-18-59(29-34)69(66,67)55-43-10-8-41(51)46(40(43)27-52)68-37-6-9-42-39(26-37)49(65)61(30-53-42)36-4-2-35(3-5-36)58-23-21-57(22-24-58)20-19-56-16-13-31(14-17-56)32-1-7-38-33(25-32)28-60(48(38)64)44-11-12-45(62)54-47(44)63/h1-10,25-26,30-31,34,44,55H,11-24,28-29H2,(H,54,62,63)/t34-,44?/m1/s1. The number of nitrogens with zero attached hydrogens (tertiary/aromatic N) is 8. The van der Waals surface area contributed by atoms with Gasteiger partial charge < -0.3 is 19.4 Å². The van der Waals surface area contributed by atoms with E-state index in [9.17, 15) is 37.2 Å². The Hall–Kier alpha value is -6.79. The van der Waals surface area contributed by atoms with E-state index in [4.69, 9.17) is 4.74 Å². The van der Waals surface area contributed by atoms with Crippen molar-refractivity contribution in [3.8, 4) is 23.3 Å². The zero-order valence-corrected chi connectivity index (χ0v) is 38.5. The van der Waals surface area contributed by atoms with Crippen molar-refractivity contribution < 1.29 is 36.3 Å². The Labute approximate surface area is 397 Å². The average Bonchev–Trinajstić information content (AvgIpc) is 3.95. The zero-order chi connectivity index (χ0) is 48.0. The number of piperidine rings is 2. The number of alkyl halides is 1. The number of imide groups is 1. The minimum absolute atomic E-state index is 0.0171. The summed E-state index contributed by atoms with van der Waals surface area (Å²) in [7, 11) is -4.24. The molecule has 5 aliphatic rings. The van der Waals surface area contributed by atoms with Crippen LogP contribution in [0, 0.1) is 17.1 Å². The van der Waals surface area contributed by atoms with Crippen molar-refractivity contribution in [1.82, 2.24) is 33.9 Å². The number of aromatic nitrogens is 2. The molecule has 6 heterocycles. The van der Waals surface area contributed by atoms with Crippen LogP contribution in [-0.2, 0) is 26.3 Å². The van der Waals surface area contributed by atoms with Gasteiger partial charge in [0.2, 0.25) is 11.8 Å². The summed E-state index contributed by atoms with van der Waals surface area (Å²) in [6.07, 6.45) is 2.82. The van der Waals surface area contributed by atoms with E-state index < -0.39 is 51.0 Å². The van der Waals surface area contributed by atoms with Gasteiger partial charge in [0.1, 0.15) is 35.9 Å². The highest BCUT2D eigenvalue weighted by Crippen LogP contribution is 2.36. The maximum atomic E-state index is 15.2. The molecule has 20 heteroatoms. The lowest BCUT2D eigenvalue weighted by Crippen LogP contribution is -2.52. The normalized spacial score (nSPS) is 20.9. The molecule has 17 nitrogen and oxygen atoms in total. The minimum atomic E-state index is -4.24. The summed E-state index contributed by atoms with van der Waals surface area (Å²) < 4.78 is 65.2. The molecule has 69 heavy (non-hydrogen) atoms. The van der Waals surface area contributed by atoms with E-state index in [0.29, 0.717) is 35.7 Å². The molecule has 0 aliphatic carbocycles. The number of carbonyl (C=O) groups excluding carboxylic acids is 3. The number of rotatable bonds is 12. The number of halogens is 2. The number of hydrogen-bond acceptors (Lipinski definition) is 12. The second-order valence-corrected chi connectivity index (χ2v) is 19.9. The fourth-order valence-corrected chi connectivity index (χ4v) is 11.4. The quantitative estimate of drug-likeness (QED) is 0.165. The lowest BCUT2D eigenvalue weighted by Gasteiger charge is -2.38. The van der Waals surface area contributed by atoms with Crippen molar-refractivity contribution in [3.63, 3.8) is 0 Å². The van der Waals surface area contributed by atoms with Gasteiger partial charge in [-0.05, 0) is 116 Å². The lowest BCUT2D eigenvalue weighted by molar-refractivity contribution is -0.136. The Bertz CT molecular complexity index is 3060. The maximum Gasteiger partial charge on any atom is 0.301 e. The second-order valence-electron chi connectivity index (χ2n) is 18.2. The number of ether oxygens (including phenoxy) is 1. The van der Waals surface area contributed by atoms with Crippen LogP contribution in [0.15, 0.2) is 83.9 Å². The molecule has 10 rings (SSSR count). The van der Waals surface area contributed by atoms with Crippen LogP contribution >= 0.6 is 0 Å². The summed E-state index contributed by atoms with van der Waals surface area (Å²) in [5.74, 6) is -1.89. The highest BCUT2D eigenvalue weighted by molar-refractivity contribution is 7.90. The third-order valence-corrected chi connectivity index (χ3v) is 15.5. The molecule has 358 valence electrons. The molecule has 0 spiro atoms. The van der Waals surface area contributed by atoms with Gasteiger partial charge in [-0.3, -0.25) is 38.7 Å². The first-order chi connectivity index (χ1) is 33.3. The molecule has 2 N–H and O–H groups in total. The van der Waals surface area contributed by atoms with E-state index in [-0.39, 0.29) is 54.6 Å². The topological polar surface area (TPSA) is 194 Å². The van der Waals surface area contributed by atoms with Crippen LogP contribution in [-0.4, -0.2) is 132 Å². The molecule has 4 aromatic carbocycles. The van der Waals surface area contributed by atoms with Gasteiger partial charge in [0.05, 0.1) is 22.3 Å². The highest BCUT2D eigenvalue weighted by atomic mass is 32.2. The minimum Gasteiger partial charge on any atom is -0.453 e. The van der Waals surface area contributed by atoms with Gasteiger partial charge in [-0.2, -0.15) is 18.0 Å². The Morgan fingerprint density at radius 2 is 1.58 bits per heavy atom.